The largest absolute Gasteiger partial charge is 0.316 e. The molecule has 0 bridgehead atoms. The molecule has 0 aromatic rings. The zero-order valence-electron chi connectivity index (χ0n) is 12.6. The summed E-state index contributed by atoms with van der Waals surface area (Å²) in [5, 5.41) is 3.56. The molecule has 102 valence electrons. The molecular formula is C15H32N2. The zero-order chi connectivity index (χ0) is 12.9. The minimum Gasteiger partial charge on any atom is -0.316 e. The zero-order valence-corrected chi connectivity index (χ0v) is 12.6. The molecule has 1 N–H and O–H groups in total. The Labute approximate surface area is 108 Å². The molecule has 17 heavy (non-hydrogen) atoms. The Morgan fingerprint density at radius 2 is 1.94 bits per heavy atom. The first-order chi connectivity index (χ1) is 7.94. The molecule has 0 saturated carbocycles. The van der Waals surface area contributed by atoms with Gasteiger partial charge >= 0.3 is 0 Å². The number of hydrogen-bond donors (Lipinski definition) is 1. The highest BCUT2D eigenvalue weighted by molar-refractivity contribution is 4.81. The van der Waals surface area contributed by atoms with E-state index in [2.05, 4.69) is 44.8 Å². The van der Waals surface area contributed by atoms with Crippen LogP contribution in [0.4, 0.5) is 0 Å². The molecule has 0 aromatic carbocycles. The second kappa shape index (κ2) is 6.75. The van der Waals surface area contributed by atoms with Crippen LogP contribution in [-0.2, 0) is 0 Å². The van der Waals surface area contributed by atoms with Gasteiger partial charge in [0.15, 0.2) is 0 Å². The van der Waals surface area contributed by atoms with Gasteiger partial charge in [0.05, 0.1) is 0 Å². The summed E-state index contributed by atoms with van der Waals surface area (Å²) in [6.45, 7) is 17.9. The number of piperidine rings is 1. The summed E-state index contributed by atoms with van der Waals surface area (Å²) in [5.74, 6) is 1.77. The van der Waals surface area contributed by atoms with Crippen LogP contribution in [-0.4, -0.2) is 37.6 Å². The van der Waals surface area contributed by atoms with Crippen LogP contribution >= 0.6 is 0 Å². The molecule has 1 aliphatic rings. The van der Waals surface area contributed by atoms with E-state index in [1.165, 1.54) is 32.5 Å². The lowest BCUT2D eigenvalue weighted by Gasteiger charge is -2.39. The van der Waals surface area contributed by atoms with Crippen molar-refractivity contribution in [3.05, 3.63) is 0 Å². The number of rotatable bonds is 6. The van der Waals surface area contributed by atoms with Crippen molar-refractivity contribution in [1.29, 1.82) is 0 Å². The average Bonchev–Trinajstić information content (AvgIpc) is 2.23. The normalized spacial score (nSPS) is 27.4. The molecule has 0 aliphatic carbocycles. The Kier molecular flexibility index (Phi) is 5.94. The SMILES string of the molecule is CCCNCC(C)(C)CN1CCC(C)C(C)C1. The van der Waals surface area contributed by atoms with Crippen LogP contribution in [0.1, 0.15) is 47.5 Å². The third-order valence-corrected chi connectivity index (χ3v) is 4.10. The maximum atomic E-state index is 3.56. The van der Waals surface area contributed by atoms with Crippen molar-refractivity contribution in [2.75, 3.05) is 32.7 Å². The highest BCUT2D eigenvalue weighted by atomic mass is 15.1. The fourth-order valence-corrected chi connectivity index (χ4v) is 2.76. The quantitative estimate of drug-likeness (QED) is 0.718. The average molecular weight is 240 g/mol. The van der Waals surface area contributed by atoms with Gasteiger partial charge in [-0.15, -0.1) is 0 Å². The highest BCUT2D eigenvalue weighted by Gasteiger charge is 2.27. The van der Waals surface area contributed by atoms with Crippen molar-refractivity contribution in [3.8, 4) is 0 Å². The molecule has 2 nitrogen and oxygen atoms in total. The predicted octanol–water partition coefficient (Wildman–Crippen LogP) is 2.99. The van der Waals surface area contributed by atoms with Crippen LogP contribution in [0, 0.1) is 17.3 Å². The van der Waals surface area contributed by atoms with Crippen LogP contribution in [0.2, 0.25) is 0 Å². The molecule has 2 unspecified atom stereocenters. The molecule has 0 amide bonds. The van der Waals surface area contributed by atoms with E-state index in [-0.39, 0.29) is 0 Å². The standard InChI is InChI=1S/C15H32N2/c1-6-8-16-11-15(4,5)12-17-9-7-13(2)14(3)10-17/h13-14,16H,6-12H2,1-5H3. The lowest BCUT2D eigenvalue weighted by molar-refractivity contribution is 0.0960. The molecule has 0 aromatic heterocycles. The van der Waals surface area contributed by atoms with Crippen LogP contribution in [0.15, 0.2) is 0 Å². The maximum Gasteiger partial charge on any atom is 0.00449 e. The van der Waals surface area contributed by atoms with Gasteiger partial charge in [-0.05, 0) is 43.2 Å². The van der Waals surface area contributed by atoms with E-state index in [9.17, 15) is 0 Å². The van der Waals surface area contributed by atoms with E-state index >= 15 is 0 Å². The van der Waals surface area contributed by atoms with Gasteiger partial charge in [0.2, 0.25) is 0 Å². The number of likely N-dealkylation sites (tertiary alicyclic amines) is 1. The third-order valence-electron chi connectivity index (χ3n) is 4.10. The van der Waals surface area contributed by atoms with Crippen molar-refractivity contribution in [1.82, 2.24) is 10.2 Å². The van der Waals surface area contributed by atoms with Crippen LogP contribution in [0.5, 0.6) is 0 Å². The van der Waals surface area contributed by atoms with Crippen molar-refractivity contribution < 1.29 is 0 Å². The van der Waals surface area contributed by atoms with E-state index in [0.29, 0.717) is 5.41 Å². The molecule has 0 radical (unpaired) electrons. The monoisotopic (exact) mass is 240 g/mol. The topological polar surface area (TPSA) is 15.3 Å². The van der Waals surface area contributed by atoms with Gasteiger partial charge in [-0.2, -0.15) is 0 Å². The summed E-state index contributed by atoms with van der Waals surface area (Å²) in [6.07, 6.45) is 2.61. The molecule has 2 atom stereocenters. The first-order valence-corrected chi connectivity index (χ1v) is 7.37. The van der Waals surface area contributed by atoms with Gasteiger partial charge in [-0.25, -0.2) is 0 Å². The van der Waals surface area contributed by atoms with Crippen LogP contribution < -0.4 is 5.32 Å². The van der Waals surface area contributed by atoms with Gasteiger partial charge in [0.25, 0.3) is 0 Å². The maximum absolute atomic E-state index is 3.56. The Bertz CT molecular complexity index is 213. The van der Waals surface area contributed by atoms with Gasteiger partial charge in [-0.1, -0.05) is 34.6 Å². The van der Waals surface area contributed by atoms with Gasteiger partial charge < -0.3 is 10.2 Å². The van der Waals surface area contributed by atoms with Crippen LogP contribution in [0.25, 0.3) is 0 Å². The number of hydrogen-bond acceptors (Lipinski definition) is 2. The molecule has 1 fully saturated rings. The number of nitrogens with one attached hydrogen (secondary N) is 1. The highest BCUT2D eigenvalue weighted by Crippen LogP contribution is 2.25. The molecule has 0 spiro atoms. The molecule has 1 aliphatic heterocycles. The van der Waals surface area contributed by atoms with Crippen molar-refractivity contribution in [2.24, 2.45) is 17.3 Å². The second-order valence-electron chi connectivity index (χ2n) is 6.82. The molecule has 1 rings (SSSR count). The van der Waals surface area contributed by atoms with Crippen molar-refractivity contribution in [2.45, 2.75) is 47.5 Å². The molecular weight excluding hydrogens is 208 g/mol. The summed E-state index contributed by atoms with van der Waals surface area (Å²) < 4.78 is 0. The Hall–Kier alpha value is -0.0800. The third kappa shape index (κ3) is 5.39. The molecule has 1 saturated heterocycles. The first kappa shape index (κ1) is 15.0. The Morgan fingerprint density at radius 3 is 2.53 bits per heavy atom. The summed E-state index contributed by atoms with van der Waals surface area (Å²) in [4.78, 5) is 2.66. The van der Waals surface area contributed by atoms with Gasteiger partial charge in [0.1, 0.15) is 0 Å². The molecule has 2 heteroatoms. The summed E-state index contributed by atoms with van der Waals surface area (Å²) in [7, 11) is 0. The molecule has 1 heterocycles. The first-order valence-electron chi connectivity index (χ1n) is 7.37. The smallest absolute Gasteiger partial charge is 0.00449 e. The van der Waals surface area contributed by atoms with E-state index in [0.717, 1.165) is 24.9 Å². The van der Waals surface area contributed by atoms with Gasteiger partial charge in [0, 0.05) is 19.6 Å². The second-order valence-corrected chi connectivity index (χ2v) is 6.82. The predicted molar refractivity (Wildman–Crippen MR) is 76.3 cm³/mol. The van der Waals surface area contributed by atoms with E-state index in [1.807, 2.05) is 0 Å². The van der Waals surface area contributed by atoms with E-state index < -0.39 is 0 Å². The lowest BCUT2D eigenvalue weighted by Crippen LogP contribution is -2.46. The lowest BCUT2D eigenvalue weighted by atomic mass is 9.86. The Balaban J connectivity index is 2.31. The minimum atomic E-state index is 0.398. The van der Waals surface area contributed by atoms with Crippen molar-refractivity contribution >= 4 is 0 Å². The fraction of sp³-hybridized carbons (Fsp3) is 1.00. The Morgan fingerprint density at radius 1 is 1.24 bits per heavy atom. The van der Waals surface area contributed by atoms with Gasteiger partial charge in [-0.3, -0.25) is 0 Å². The van der Waals surface area contributed by atoms with E-state index in [1.54, 1.807) is 0 Å². The number of nitrogens with zero attached hydrogens (tertiary/aromatic N) is 1. The van der Waals surface area contributed by atoms with Crippen molar-refractivity contribution in [3.63, 3.8) is 0 Å². The van der Waals surface area contributed by atoms with E-state index in [4.69, 9.17) is 0 Å². The summed E-state index contributed by atoms with van der Waals surface area (Å²) >= 11 is 0. The summed E-state index contributed by atoms with van der Waals surface area (Å²) in [5.41, 5.74) is 0.398. The fourth-order valence-electron chi connectivity index (χ4n) is 2.76. The summed E-state index contributed by atoms with van der Waals surface area (Å²) in [6, 6.07) is 0. The van der Waals surface area contributed by atoms with Crippen LogP contribution in [0.3, 0.4) is 0 Å². The minimum absolute atomic E-state index is 0.398.